The average molecular weight is 166 g/mol. The summed E-state index contributed by atoms with van der Waals surface area (Å²) in [5.74, 6) is 2.11. The van der Waals surface area contributed by atoms with E-state index in [1.807, 2.05) is 0 Å². The summed E-state index contributed by atoms with van der Waals surface area (Å²) in [6.07, 6.45) is 10.2. The number of hydrogen-bond acceptors (Lipinski definition) is 1. The van der Waals surface area contributed by atoms with E-state index in [2.05, 4.69) is 0 Å². The molecule has 1 nitrogen and oxygen atoms in total. The molecule has 2 aliphatic carbocycles. The molecule has 0 N–H and O–H groups in total. The molecule has 1 heterocycles. The summed E-state index contributed by atoms with van der Waals surface area (Å²) in [7, 11) is 0. The Hall–Kier alpha value is -0.0400. The van der Waals surface area contributed by atoms with Gasteiger partial charge < -0.3 is 4.74 Å². The third-order valence-corrected chi connectivity index (χ3v) is 4.22. The Morgan fingerprint density at radius 1 is 1.00 bits per heavy atom. The van der Waals surface area contributed by atoms with Gasteiger partial charge in [0.05, 0.1) is 12.2 Å². The molecule has 0 bridgehead atoms. The van der Waals surface area contributed by atoms with Gasteiger partial charge in [0.25, 0.3) is 0 Å². The predicted molar refractivity (Wildman–Crippen MR) is 48.0 cm³/mol. The minimum Gasteiger partial charge on any atom is -0.370 e. The van der Waals surface area contributed by atoms with Crippen molar-refractivity contribution in [1.82, 2.24) is 0 Å². The fourth-order valence-electron chi connectivity index (χ4n) is 3.33. The highest BCUT2D eigenvalue weighted by Gasteiger charge is 2.50. The molecule has 1 saturated heterocycles. The largest absolute Gasteiger partial charge is 0.370 e. The van der Waals surface area contributed by atoms with Crippen molar-refractivity contribution in [3.63, 3.8) is 0 Å². The fraction of sp³-hybridized carbons (Fsp3) is 1.00. The van der Waals surface area contributed by atoms with Crippen LogP contribution in [0.25, 0.3) is 0 Å². The molecule has 1 heteroatoms. The minimum atomic E-state index is 0.415. The van der Waals surface area contributed by atoms with Gasteiger partial charge in [0, 0.05) is 0 Å². The number of hydrogen-bond donors (Lipinski definition) is 0. The molecule has 68 valence electrons. The molecule has 2 saturated carbocycles. The van der Waals surface area contributed by atoms with Gasteiger partial charge in [-0.3, -0.25) is 0 Å². The molecule has 0 aromatic rings. The summed E-state index contributed by atoms with van der Waals surface area (Å²) < 4.78 is 5.59. The first-order chi connectivity index (χ1) is 5.88. The first kappa shape index (κ1) is 7.37. The third kappa shape index (κ3) is 1.10. The van der Waals surface area contributed by atoms with Crippen molar-refractivity contribution in [3.8, 4) is 0 Å². The summed E-state index contributed by atoms with van der Waals surface area (Å²) in [4.78, 5) is 0. The molecule has 3 rings (SSSR count). The van der Waals surface area contributed by atoms with E-state index in [0.29, 0.717) is 5.60 Å². The highest BCUT2D eigenvalue weighted by atomic mass is 16.6. The molecule has 0 aromatic carbocycles. The highest BCUT2D eigenvalue weighted by molar-refractivity contribution is 4.99. The van der Waals surface area contributed by atoms with Gasteiger partial charge in [-0.25, -0.2) is 0 Å². The third-order valence-electron chi connectivity index (χ3n) is 4.22. The average Bonchev–Trinajstić information content (AvgIpc) is 2.85. The zero-order valence-corrected chi connectivity index (χ0v) is 7.72. The predicted octanol–water partition coefficient (Wildman–Crippen LogP) is 2.75. The lowest BCUT2D eigenvalue weighted by Crippen LogP contribution is -2.32. The fourth-order valence-corrected chi connectivity index (χ4v) is 3.33. The summed E-state index contributed by atoms with van der Waals surface area (Å²) in [6.45, 7) is 1.08. The van der Waals surface area contributed by atoms with Crippen LogP contribution in [0.2, 0.25) is 0 Å². The standard InChI is InChI=1S/C11H18O/c1-2-4-10-7-11(8-12-11)6-5-9(10)3-1/h9-10H,1-8H2. The van der Waals surface area contributed by atoms with E-state index in [-0.39, 0.29) is 0 Å². The van der Waals surface area contributed by atoms with Crippen LogP contribution in [0.1, 0.15) is 44.9 Å². The lowest BCUT2D eigenvalue weighted by Gasteiger charge is -2.38. The Morgan fingerprint density at radius 3 is 2.50 bits per heavy atom. The molecule has 3 aliphatic rings. The summed E-state index contributed by atoms with van der Waals surface area (Å²) in [5.41, 5.74) is 0.415. The molecule has 1 aliphatic heterocycles. The van der Waals surface area contributed by atoms with Crippen LogP contribution in [0.3, 0.4) is 0 Å². The van der Waals surface area contributed by atoms with Crippen LogP contribution in [0.15, 0.2) is 0 Å². The van der Waals surface area contributed by atoms with E-state index in [9.17, 15) is 0 Å². The molecule has 3 unspecified atom stereocenters. The van der Waals surface area contributed by atoms with Crippen LogP contribution < -0.4 is 0 Å². The van der Waals surface area contributed by atoms with Crippen molar-refractivity contribution in [2.24, 2.45) is 11.8 Å². The van der Waals surface area contributed by atoms with Crippen molar-refractivity contribution >= 4 is 0 Å². The maximum absolute atomic E-state index is 5.59. The van der Waals surface area contributed by atoms with Crippen LogP contribution >= 0.6 is 0 Å². The molecule has 12 heavy (non-hydrogen) atoms. The van der Waals surface area contributed by atoms with Gasteiger partial charge in [-0.05, 0) is 31.1 Å². The van der Waals surface area contributed by atoms with Crippen LogP contribution in [0, 0.1) is 11.8 Å². The molecule has 0 radical (unpaired) electrons. The summed E-state index contributed by atoms with van der Waals surface area (Å²) >= 11 is 0. The van der Waals surface area contributed by atoms with Gasteiger partial charge >= 0.3 is 0 Å². The van der Waals surface area contributed by atoms with Crippen LogP contribution in [0.4, 0.5) is 0 Å². The Bertz CT molecular complexity index is 183. The van der Waals surface area contributed by atoms with Gasteiger partial charge in [0.2, 0.25) is 0 Å². The van der Waals surface area contributed by atoms with Crippen molar-refractivity contribution in [3.05, 3.63) is 0 Å². The van der Waals surface area contributed by atoms with E-state index < -0.39 is 0 Å². The van der Waals surface area contributed by atoms with E-state index in [0.717, 1.165) is 18.4 Å². The van der Waals surface area contributed by atoms with E-state index in [1.165, 1.54) is 44.9 Å². The maximum Gasteiger partial charge on any atom is 0.0919 e. The molecule has 3 fully saturated rings. The summed E-state index contributed by atoms with van der Waals surface area (Å²) in [5, 5.41) is 0. The van der Waals surface area contributed by atoms with Gasteiger partial charge in [-0.15, -0.1) is 0 Å². The van der Waals surface area contributed by atoms with Gasteiger partial charge in [0.15, 0.2) is 0 Å². The second-order valence-electron chi connectivity index (χ2n) is 5.02. The van der Waals surface area contributed by atoms with Crippen molar-refractivity contribution < 1.29 is 4.74 Å². The molecule has 0 amide bonds. The molecule has 3 atom stereocenters. The first-order valence-electron chi connectivity index (χ1n) is 5.52. The highest BCUT2D eigenvalue weighted by Crippen LogP contribution is 2.50. The second-order valence-corrected chi connectivity index (χ2v) is 5.02. The van der Waals surface area contributed by atoms with E-state index in [4.69, 9.17) is 4.74 Å². The zero-order valence-electron chi connectivity index (χ0n) is 7.72. The Morgan fingerprint density at radius 2 is 1.75 bits per heavy atom. The molecular weight excluding hydrogens is 148 g/mol. The number of fused-ring (bicyclic) bond motifs is 1. The molecular formula is C11H18O. The second kappa shape index (κ2) is 2.47. The monoisotopic (exact) mass is 166 g/mol. The smallest absolute Gasteiger partial charge is 0.0919 e. The Kier molecular flexibility index (Phi) is 1.52. The lowest BCUT2D eigenvalue weighted by molar-refractivity contribution is 0.101. The van der Waals surface area contributed by atoms with Crippen LogP contribution in [0.5, 0.6) is 0 Å². The Labute approximate surface area is 74.5 Å². The lowest BCUT2D eigenvalue weighted by atomic mass is 9.67. The van der Waals surface area contributed by atoms with Crippen LogP contribution in [-0.4, -0.2) is 12.2 Å². The SMILES string of the molecule is C1CCC2CC3(CCC2C1)CO3. The zero-order chi connectivity index (χ0) is 8.02. The first-order valence-corrected chi connectivity index (χ1v) is 5.52. The quantitative estimate of drug-likeness (QED) is 0.504. The minimum absolute atomic E-state index is 0.415. The number of ether oxygens (including phenoxy) is 1. The van der Waals surface area contributed by atoms with Crippen molar-refractivity contribution in [2.75, 3.05) is 6.61 Å². The van der Waals surface area contributed by atoms with Gasteiger partial charge in [-0.1, -0.05) is 25.7 Å². The summed E-state index contributed by atoms with van der Waals surface area (Å²) in [6, 6.07) is 0. The molecule has 1 spiro atoms. The molecule has 0 aromatic heterocycles. The van der Waals surface area contributed by atoms with Gasteiger partial charge in [0.1, 0.15) is 0 Å². The van der Waals surface area contributed by atoms with Crippen LogP contribution in [-0.2, 0) is 4.74 Å². The van der Waals surface area contributed by atoms with Crippen molar-refractivity contribution in [2.45, 2.75) is 50.5 Å². The van der Waals surface area contributed by atoms with Gasteiger partial charge in [-0.2, -0.15) is 0 Å². The normalized spacial score (nSPS) is 52.0. The maximum atomic E-state index is 5.59. The number of epoxide rings is 1. The topological polar surface area (TPSA) is 12.5 Å². The van der Waals surface area contributed by atoms with E-state index in [1.54, 1.807) is 0 Å². The number of rotatable bonds is 0. The Balaban J connectivity index is 1.70. The van der Waals surface area contributed by atoms with Crippen molar-refractivity contribution in [1.29, 1.82) is 0 Å². The van der Waals surface area contributed by atoms with E-state index >= 15 is 0 Å².